The molecular formula is C19H18N2NaO6S4+. The molecule has 1 aromatic heterocycles. The number of thiazole rings is 1. The molecule has 13 heteroatoms. The van der Waals surface area contributed by atoms with Gasteiger partial charge in [0.15, 0.2) is 6.54 Å². The molecule has 3 aromatic rings. The number of nitrogens with zero attached hydrogens (tertiary/aromatic N) is 2. The third-order valence-corrected chi connectivity index (χ3v) is 8.26. The van der Waals surface area contributed by atoms with Crippen molar-refractivity contribution in [1.82, 2.24) is 0 Å². The molecule has 0 bridgehead atoms. The van der Waals surface area contributed by atoms with E-state index in [1.807, 2.05) is 59.2 Å². The summed E-state index contributed by atoms with van der Waals surface area (Å²) in [6.07, 6.45) is 1.86. The molecule has 8 nitrogen and oxygen atoms in total. The van der Waals surface area contributed by atoms with E-state index >= 15 is 0 Å². The topological polar surface area (TPSA) is 119 Å². The molecule has 1 aliphatic rings. The third kappa shape index (κ3) is 6.13. The summed E-state index contributed by atoms with van der Waals surface area (Å²) in [7, 11) is -8.54. The Bertz CT molecular complexity index is 1390. The van der Waals surface area contributed by atoms with Gasteiger partial charge in [0.2, 0.25) is 5.52 Å². The number of aryl methyl sites for hydroxylation is 1. The molecule has 0 saturated heterocycles. The van der Waals surface area contributed by atoms with Gasteiger partial charge < -0.3 is 9.45 Å². The maximum Gasteiger partial charge on any atom is 1.00 e. The molecular weight excluding hydrogens is 503 g/mol. The van der Waals surface area contributed by atoms with Crippen molar-refractivity contribution in [3.05, 3.63) is 58.6 Å². The Morgan fingerprint density at radius 2 is 1.72 bits per heavy atom. The van der Waals surface area contributed by atoms with Gasteiger partial charge in [0, 0.05) is 17.5 Å². The Morgan fingerprint density at radius 1 is 1.03 bits per heavy atom. The monoisotopic (exact) mass is 521 g/mol. The van der Waals surface area contributed by atoms with Crippen LogP contribution in [0.25, 0.3) is 16.3 Å². The van der Waals surface area contributed by atoms with Crippen LogP contribution < -0.4 is 39.0 Å². The smallest absolute Gasteiger partial charge is 0.748 e. The fraction of sp³-hybridized carbons (Fsp3) is 0.211. The number of rotatable bonds is 7. The standard InChI is InChI=1S/C19H18N2O6S4.Na/c22-30(23,24)11-9-20-14-5-1-3-7-16(14)28-18(20)13-19-21(10-12-31(25,26)27)15-6-2-4-8-17(15)29-19;/h1-8,13H,9-12H2,(H-,22,23,24,25,26,27);/q;+1. The molecule has 1 N–H and O–H groups in total. The van der Waals surface area contributed by atoms with Crippen LogP contribution in [0.3, 0.4) is 0 Å². The third-order valence-electron chi connectivity index (χ3n) is 4.66. The molecule has 32 heavy (non-hydrogen) atoms. The van der Waals surface area contributed by atoms with Crippen molar-refractivity contribution in [2.24, 2.45) is 0 Å². The van der Waals surface area contributed by atoms with Crippen LogP contribution in [0, 0.1) is 0 Å². The summed E-state index contributed by atoms with van der Waals surface area (Å²) in [5.41, 5.74) is 1.64. The van der Waals surface area contributed by atoms with E-state index in [0.29, 0.717) is 0 Å². The molecule has 164 valence electrons. The maximum atomic E-state index is 11.3. The first-order valence-corrected chi connectivity index (χ1v) is 14.0. The molecule has 1 aliphatic heterocycles. The number of hydrogen-bond acceptors (Lipinski definition) is 8. The van der Waals surface area contributed by atoms with Crippen molar-refractivity contribution in [3.63, 3.8) is 0 Å². The van der Waals surface area contributed by atoms with Crippen molar-refractivity contribution >= 4 is 65.3 Å². The van der Waals surface area contributed by atoms with E-state index in [1.165, 1.54) is 23.1 Å². The van der Waals surface area contributed by atoms with Crippen molar-refractivity contribution < 1.29 is 60.1 Å². The number of fused-ring (bicyclic) bond motifs is 2. The molecule has 2 heterocycles. The Labute approximate surface area is 216 Å². The number of aromatic nitrogens is 1. The molecule has 4 rings (SSSR count). The van der Waals surface area contributed by atoms with Gasteiger partial charge in [0.05, 0.1) is 32.7 Å². The molecule has 0 unspecified atom stereocenters. The summed E-state index contributed by atoms with van der Waals surface area (Å²) in [6, 6.07) is 15.0. The number of benzene rings is 2. The number of anilines is 1. The van der Waals surface area contributed by atoms with E-state index in [2.05, 4.69) is 0 Å². The molecule has 0 atom stereocenters. The first kappa shape index (κ1) is 25.7. The maximum absolute atomic E-state index is 11.3. The largest absolute Gasteiger partial charge is 1.00 e. The zero-order valence-corrected chi connectivity index (χ0v) is 22.3. The second-order valence-electron chi connectivity index (χ2n) is 6.81. The summed E-state index contributed by atoms with van der Waals surface area (Å²) in [5.74, 6) is -0.964. The van der Waals surface area contributed by atoms with Crippen LogP contribution in [0.1, 0.15) is 5.01 Å². The minimum Gasteiger partial charge on any atom is -0.748 e. The SMILES string of the molecule is O=S(=O)([O-])CCN1C(=Cc2sc3ccccc3[n+]2CCS(=O)(=O)O)Sc2ccccc21.[Na+]. The van der Waals surface area contributed by atoms with Gasteiger partial charge >= 0.3 is 29.6 Å². The van der Waals surface area contributed by atoms with Crippen LogP contribution in [-0.2, 0) is 26.8 Å². The number of thioether (sulfide) groups is 1. The average molecular weight is 522 g/mol. The summed E-state index contributed by atoms with van der Waals surface area (Å²) in [4.78, 5) is 2.72. The molecule has 0 fully saturated rings. The van der Waals surface area contributed by atoms with Crippen LogP contribution in [0.4, 0.5) is 5.69 Å². The minimum absolute atomic E-state index is 0. The van der Waals surface area contributed by atoms with Gasteiger partial charge in [-0.15, -0.1) is 0 Å². The van der Waals surface area contributed by atoms with E-state index in [-0.39, 0.29) is 42.6 Å². The van der Waals surface area contributed by atoms with Crippen molar-refractivity contribution in [2.75, 3.05) is 23.0 Å². The van der Waals surface area contributed by atoms with E-state index in [1.54, 1.807) is 4.90 Å². The van der Waals surface area contributed by atoms with Gasteiger partial charge in [-0.1, -0.05) is 47.4 Å². The van der Waals surface area contributed by atoms with Gasteiger partial charge in [-0.3, -0.25) is 4.55 Å². The first-order valence-electron chi connectivity index (χ1n) is 9.17. The summed E-state index contributed by atoms with van der Waals surface area (Å²) in [5, 5.41) is 1.48. The Hall–Kier alpha value is -0.960. The fourth-order valence-corrected chi connectivity index (χ4v) is 6.44. The van der Waals surface area contributed by atoms with E-state index in [9.17, 15) is 25.9 Å². The quantitative estimate of drug-likeness (QED) is 0.252. The summed E-state index contributed by atoms with van der Waals surface area (Å²) < 4.78 is 68.3. The van der Waals surface area contributed by atoms with Gasteiger partial charge in [-0.05, 0) is 18.2 Å². The zero-order chi connectivity index (χ0) is 22.2. The van der Waals surface area contributed by atoms with Gasteiger partial charge in [-0.25, -0.2) is 8.42 Å². The number of hydrogen-bond donors (Lipinski definition) is 1. The second-order valence-corrected chi connectivity index (χ2v) is 12.0. The van der Waals surface area contributed by atoms with Crippen LogP contribution >= 0.6 is 23.1 Å². The zero-order valence-electron chi connectivity index (χ0n) is 17.0. The van der Waals surface area contributed by atoms with E-state index in [0.717, 1.165) is 30.8 Å². The Morgan fingerprint density at radius 3 is 2.44 bits per heavy atom. The minimum atomic E-state index is -4.39. The predicted molar refractivity (Wildman–Crippen MR) is 121 cm³/mol. The number of para-hydroxylation sites is 2. The van der Waals surface area contributed by atoms with Gasteiger partial charge in [-0.2, -0.15) is 13.0 Å². The Balaban J connectivity index is 0.00000289. The van der Waals surface area contributed by atoms with E-state index in [4.69, 9.17) is 0 Å². The normalized spacial score (nSPS) is 15.2. The van der Waals surface area contributed by atoms with Crippen LogP contribution in [0.2, 0.25) is 0 Å². The predicted octanol–water partition coefficient (Wildman–Crippen LogP) is -0.463. The van der Waals surface area contributed by atoms with Gasteiger partial charge in [0.1, 0.15) is 10.5 Å². The fourth-order valence-electron chi connectivity index (χ4n) is 3.30. The second kappa shape index (κ2) is 10.1. The average Bonchev–Trinajstić information content (AvgIpc) is 3.21. The summed E-state index contributed by atoms with van der Waals surface area (Å²) in [6.45, 7) is 0.0755. The van der Waals surface area contributed by atoms with Crippen molar-refractivity contribution in [1.29, 1.82) is 0 Å². The molecule has 0 spiro atoms. The Kier molecular flexibility index (Phi) is 8.11. The molecule has 0 radical (unpaired) electrons. The van der Waals surface area contributed by atoms with Crippen LogP contribution in [-0.4, -0.2) is 44.0 Å². The molecule has 0 amide bonds. The molecule has 0 saturated carbocycles. The van der Waals surface area contributed by atoms with Crippen LogP contribution in [0.15, 0.2) is 58.5 Å². The van der Waals surface area contributed by atoms with E-state index < -0.39 is 31.7 Å². The molecule has 2 aromatic carbocycles. The van der Waals surface area contributed by atoms with Gasteiger partial charge in [0.25, 0.3) is 15.1 Å². The first-order chi connectivity index (χ1) is 14.6. The van der Waals surface area contributed by atoms with Crippen LogP contribution in [0.5, 0.6) is 0 Å². The van der Waals surface area contributed by atoms with Crippen molar-refractivity contribution in [3.8, 4) is 0 Å². The summed E-state index contributed by atoms with van der Waals surface area (Å²) >= 11 is 2.90. The molecule has 0 aliphatic carbocycles. The van der Waals surface area contributed by atoms with Crippen molar-refractivity contribution in [2.45, 2.75) is 11.4 Å².